The van der Waals surface area contributed by atoms with Crippen molar-refractivity contribution >= 4 is 20.0 Å². The third-order valence-corrected chi connectivity index (χ3v) is 1.46. The molecule has 6 heteroatoms. The van der Waals surface area contributed by atoms with Crippen LogP contribution in [0.3, 0.4) is 0 Å². The first-order chi connectivity index (χ1) is 4.31. The van der Waals surface area contributed by atoms with E-state index in [2.05, 4.69) is 9.15 Å². The van der Waals surface area contributed by atoms with Crippen LogP contribution in [0.4, 0.5) is 0 Å². The van der Waals surface area contributed by atoms with Gasteiger partial charge in [0.25, 0.3) is 0 Å². The van der Waals surface area contributed by atoms with Gasteiger partial charge in [0.1, 0.15) is 0 Å². The highest BCUT2D eigenvalue weighted by Crippen LogP contribution is 2.21. The van der Waals surface area contributed by atoms with Crippen molar-refractivity contribution in [3.05, 3.63) is 0 Å². The summed E-state index contributed by atoms with van der Waals surface area (Å²) in [7, 11) is -2.40. The third-order valence-electron chi connectivity index (χ3n) is 0.546. The fourth-order valence-electron chi connectivity index (χ4n) is 0.246. The fourth-order valence-corrected chi connectivity index (χ4v) is 0.928. The molecule has 0 aromatic heterocycles. The van der Waals surface area contributed by atoms with Gasteiger partial charge in [0, 0.05) is 11.8 Å². The maximum absolute atomic E-state index is 10.4. The second kappa shape index (κ2) is 6.52. The summed E-state index contributed by atoms with van der Waals surface area (Å²) in [4.78, 5) is 1.76. The molecule has 0 aliphatic carbocycles. The van der Waals surface area contributed by atoms with Gasteiger partial charge in [0.05, 0.1) is 6.61 Å². The van der Waals surface area contributed by atoms with Crippen LogP contribution in [-0.2, 0) is 13.7 Å². The minimum atomic E-state index is -2.40. The molecule has 0 amide bonds. The second-order valence-electron chi connectivity index (χ2n) is 1.28. The second-order valence-corrected chi connectivity index (χ2v) is 2.42. The molecular formula is C3H9ClNO3P. The van der Waals surface area contributed by atoms with E-state index < -0.39 is 8.25 Å². The first kappa shape index (κ1) is 9.40. The van der Waals surface area contributed by atoms with E-state index in [4.69, 9.17) is 11.8 Å². The Labute approximate surface area is 59.5 Å². The molecule has 0 saturated carbocycles. The molecule has 56 valence electrons. The first-order valence-corrected chi connectivity index (χ1v) is 4.10. The van der Waals surface area contributed by atoms with Gasteiger partial charge >= 0.3 is 8.25 Å². The molecule has 4 nitrogen and oxygen atoms in total. The van der Waals surface area contributed by atoms with Gasteiger partial charge in [-0.15, -0.1) is 5.00 Å². The molecule has 1 N–H and O–H groups in total. The number of rotatable bonds is 5. The average molecular weight is 174 g/mol. The number of hydrogen-bond donors (Lipinski definition) is 1. The molecule has 1 unspecified atom stereocenters. The van der Waals surface area contributed by atoms with Gasteiger partial charge in [-0.05, 0) is 6.42 Å². The molecule has 0 heterocycles. The highest BCUT2D eigenvalue weighted by Gasteiger charge is 1.94. The molecule has 0 aliphatic rings. The van der Waals surface area contributed by atoms with Gasteiger partial charge in [-0.25, -0.2) is 4.62 Å². The van der Waals surface area contributed by atoms with Crippen molar-refractivity contribution in [2.45, 2.75) is 13.3 Å². The summed E-state index contributed by atoms with van der Waals surface area (Å²) in [6.45, 7) is 2.33. The highest BCUT2D eigenvalue weighted by atomic mass is 35.5. The Morgan fingerprint density at radius 3 is 2.89 bits per heavy atom. The Balaban J connectivity index is 3.06. The van der Waals surface area contributed by atoms with E-state index in [1.807, 2.05) is 6.92 Å². The quantitative estimate of drug-likeness (QED) is 0.389. The Morgan fingerprint density at radius 2 is 2.44 bits per heavy atom. The van der Waals surface area contributed by atoms with Gasteiger partial charge in [-0.3, -0.25) is 4.57 Å². The first-order valence-electron chi connectivity index (χ1n) is 2.50. The van der Waals surface area contributed by atoms with Gasteiger partial charge in [-0.1, -0.05) is 6.92 Å². The summed E-state index contributed by atoms with van der Waals surface area (Å²) >= 11 is 4.85. The van der Waals surface area contributed by atoms with Gasteiger partial charge < -0.3 is 4.52 Å². The zero-order valence-corrected chi connectivity index (χ0v) is 6.77. The predicted octanol–water partition coefficient (Wildman–Crippen LogP) is 1.48. The predicted molar refractivity (Wildman–Crippen MR) is 35.3 cm³/mol. The zero-order valence-electron chi connectivity index (χ0n) is 5.02. The van der Waals surface area contributed by atoms with Crippen LogP contribution in [0.25, 0.3) is 0 Å². The largest absolute Gasteiger partial charge is 0.336 e. The Kier molecular flexibility index (Phi) is 6.81. The summed E-state index contributed by atoms with van der Waals surface area (Å²) in [6, 6.07) is 0. The van der Waals surface area contributed by atoms with E-state index >= 15 is 0 Å². The Morgan fingerprint density at radius 1 is 1.78 bits per heavy atom. The molecular weight excluding hydrogens is 164 g/mol. The summed E-state index contributed by atoms with van der Waals surface area (Å²) in [5, 5.41) is 0. The molecule has 0 aromatic rings. The smallest absolute Gasteiger partial charge is 0.310 e. The summed E-state index contributed by atoms with van der Waals surface area (Å²) in [6.07, 6.45) is 0.808. The van der Waals surface area contributed by atoms with Crippen molar-refractivity contribution in [1.29, 1.82) is 0 Å². The lowest BCUT2D eigenvalue weighted by Gasteiger charge is -1.98. The van der Waals surface area contributed by atoms with Gasteiger partial charge in [-0.2, -0.15) is 0 Å². The normalized spacial score (nSPS) is 13.6. The number of halogens is 1. The molecule has 1 atom stereocenters. The van der Waals surface area contributed by atoms with Crippen LogP contribution in [0, 0.1) is 0 Å². The summed E-state index contributed by atoms with van der Waals surface area (Å²) in [5.41, 5.74) is 0. The van der Waals surface area contributed by atoms with Crippen molar-refractivity contribution in [2.75, 3.05) is 6.61 Å². The molecule has 0 aromatic carbocycles. The van der Waals surface area contributed by atoms with Crippen molar-refractivity contribution < 1.29 is 13.7 Å². The zero-order chi connectivity index (χ0) is 7.11. The summed E-state index contributed by atoms with van der Waals surface area (Å²) in [5.74, 6) is 0. The van der Waals surface area contributed by atoms with Gasteiger partial charge in [0.2, 0.25) is 0 Å². The van der Waals surface area contributed by atoms with Crippen LogP contribution in [0.2, 0.25) is 0 Å². The lowest BCUT2D eigenvalue weighted by atomic mass is 10.5. The lowest BCUT2D eigenvalue weighted by Crippen LogP contribution is -1.93. The molecule has 0 aliphatic heterocycles. The standard InChI is InChI=1S/C3H9ClNO3P/c1-2-3-7-9(6)8-5-4/h5,9H,2-3H2,1H3. The third kappa shape index (κ3) is 6.28. The van der Waals surface area contributed by atoms with E-state index in [0.717, 1.165) is 6.42 Å². The van der Waals surface area contributed by atoms with E-state index in [1.54, 1.807) is 5.00 Å². The van der Waals surface area contributed by atoms with E-state index in [9.17, 15) is 4.57 Å². The van der Waals surface area contributed by atoms with Gasteiger partial charge in [0.15, 0.2) is 0 Å². The maximum Gasteiger partial charge on any atom is 0.336 e. The van der Waals surface area contributed by atoms with E-state index in [1.165, 1.54) is 0 Å². The maximum atomic E-state index is 10.4. The molecule has 0 spiro atoms. The van der Waals surface area contributed by atoms with Crippen molar-refractivity contribution in [2.24, 2.45) is 0 Å². The number of hydrogen-bond acceptors (Lipinski definition) is 4. The van der Waals surface area contributed by atoms with E-state index in [-0.39, 0.29) is 0 Å². The molecule has 0 bridgehead atoms. The average Bonchev–Trinajstić information content (AvgIpc) is 1.85. The van der Waals surface area contributed by atoms with Crippen LogP contribution in [0.1, 0.15) is 13.3 Å². The minimum absolute atomic E-state index is 0.427. The van der Waals surface area contributed by atoms with Crippen LogP contribution in [0.5, 0.6) is 0 Å². The highest BCUT2D eigenvalue weighted by molar-refractivity contribution is 7.33. The van der Waals surface area contributed by atoms with Crippen molar-refractivity contribution in [3.8, 4) is 0 Å². The molecule has 0 rings (SSSR count). The Bertz CT molecular complexity index is 91.1. The lowest BCUT2D eigenvalue weighted by molar-refractivity contribution is 0.204. The van der Waals surface area contributed by atoms with Crippen molar-refractivity contribution in [3.63, 3.8) is 0 Å². The fraction of sp³-hybridized carbons (Fsp3) is 1.00. The van der Waals surface area contributed by atoms with Crippen molar-refractivity contribution in [1.82, 2.24) is 5.00 Å². The summed E-state index contributed by atoms with van der Waals surface area (Å²) < 4.78 is 19.2. The molecule has 0 radical (unpaired) electrons. The Hall–Kier alpha value is 0.400. The van der Waals surface area contributed by atoms with Crippen LogP contribution < -0.4 is 5.00 Å². The molecule has 0 saturated heterocycles. The minimum Gasteiger partial charge on any atom is -0.310 e. The molecule has 9 heavy (non-hydrogen) atoms. The SMILES string of the molecule is CCCO[PH](=O)ONCl. The van der Waals surface area contributed by atoms with Crippen LogP contribution in [-0.4, -0.2) is 6.61 Å². The number of nitrogens with one attached hydrogen (secondary N) is 1. The van der Waals surface area contributed by atoms with Crippen LogP contribution >= 0.6 is 20.0 Å². The topological polar surface area (TPSA) is 47.6 Å². The van der Waals surface area contributed by atoms with Crippen LogP contribution in [0.15, 0.2) is 0 Å². The van der Waals surface area contributed by atoms with E-state index in [0.29, 0.717) is 6.61 Å². The molecule has 0 fully saturated rings. The monoisotopic (exact) mass is 173 g/mol.